The standard InChI is InChI=1S/C19H21N3O5S/c1-3-21(4-2)28(25,26)15-10-11-16-17(12-15)27-19(24)22(16)13-18(23)20-14-8-6-5-7-9-14/h5-12H,3-4,13H2,1-2H3,(H,20,23). The van der Waals surface area contributed by atoms with Crippen LogP contribution in [0.4, 0.5) is 5.69 Å². The van der Waals surface area contributed by atoms with Crippen molar-refractivity contribution >= 4 is 32.7 Å². The van der Waals surface area contributed by atoms with Gasteiger partial charge in [0.05, 0.1) is 10.4 Å². The van der Waals surface area contributed by atoms with E-state index in [1.165, 1.54) is 27.1 Å². The molecule has 0 unspecified atom stereocenters. The molecule has 9 heteroatoms. The number of carbonyl (C=O) groups is 1. The summed E-state index contributed by atoms with van der Waals surface area (Å²) in [5.41, 5.74) is 1.08. The molecule has 0 atom stereocenters. The Kier molecular flexibility index (Phi) is 5.66. The number of para-hydroxylation sites is 1. The highest BCUT2D eigenvalue weighted by atomic mass is 32.2. The summed E-state index contributed by atoms with van der Waals surface area (Å²) >= 11 is 0. The zero-order valence-corrected chi connectivity index (χ0v) is 16.4. The summed E-state index contributed by atoms with van der Waals surface area (Å²) in [5.74, 6) is -1.12. The number of benzene rings is 2. The molecular formula is C19H21N3O5S. The Morgan fingerprint density at radius 1 is 1.11 bits per heavy atom. The average Bonchev–Trinajstić information content (AvgIpc) is 2.98. The minimum atomic E-state index is -3.68. The lowest BCUT2D eigenvalue weighted by molar-refractivity contribution is -0.116. The Hall–Kier alpha value is -2.91. The quantitative estimate of drug-likeness (QED) is 0.652. The predicted octanol–water partition coefficient (Wildman–Crippen LogP) is 2.26. The van der Waals surface area contributed by atoms with Crippen molar-refractivity contribution in [2.75, 3.05) is 18.4 Å². The minimum absolute atomic E-state index is 0.0401. The molecule has 1 N–H and O–H groups in total. The van der Waals surface area contributed by atoms with Crippen LogP contribution in [0, 0.1) is 0 Å². The van der Waals surface area contributed by atoms with Gasteiger partial charge >= 0.3 is 5.76 Å². The third-order valence-corrected chi connectivity index (χ3v) is 6.39. The molecule has 1 heterocycles. The van der Waals surface area contributed by atoms with Gasteiger partial charge in [-0.15, -0.1) is 0 Å². The number of hydrogen-bond donors (Lipinski definition) is 1. The topological polar surface area (TPSA) is 102 Å². The highest BCUT2D eigenvalue weighted by molar-refractivity contribution is 7.89. The van der Waals surface area contributed by atoms with Crippen molar-refractivity contribution in [3.05, 3.63) is 59.1 Å². The van der Waals surface area contributed by atoms with Crippen molar-refractivity contribution in [2.45, 2.75) is 25.3 Å². The summed E-state index contributed by atoms with van der Waals surface area (Å²) in [7, 11) is -3.68. The predicted molar refractivity (Wildman–Crippen MR) is 106 cm³/mol. The molecule has 1 aromatic heterocycles. The zero-order chi connectivity index (χ0) is 20.3. The molecule has 1 amide bonds. The molecule has 0 saturated carbocycles. The molecule has 3 rings (SSSR count). The monoisotopic (exact) mass is 403 g/mol. The number of amides is 1. The number of aromatic nitrogens is 1. The van der Waals surface area contributed by atoms with Crippen molar-refractivity contribution in [2.24, 2.45) is 0 Å². The van der Waals surface area contributed by atoms with Crippen LogP contribution in [0.3, 0.4) is 0 Å². The van der Waals surface area contributed by atoms with Crippen LogP contribution in [0.25, 0.3) is 11.1 Å². The first-order valence-corrected chi connectivity index (χ1v) is 10.3. The Labute approximate surface area is 162 Å². The molecule has 2 aromatic carbocycles. The first-order chi connectivity index (χ1) is 13.4. The van der Waals surface area contributed by atoms with E-state index in [1.54, 1.807) is 38.1 Å². The first kappa shape index (κ1) is 19.8. The minimum Gasteiger partial charge on any atom is -0.408 e. The number of oxazole rings is 1. The number of fused-ring (bicyclic) bond motifs is 1. The van der Waals surface area contributed by atoms with Crippen LogP contribution in [0.5, 0.6) is 0 Å². The van der Waals surface area contributed by atoms with E-state index in [0.717, 1.165) is 0 Å². The number of carbonyl (C=O) groups excluding carboxylic acids is 1. The lowest BCUT2D eigenvalue weighted by Gasteiger charge is -2.18. The number of nitrogens with one attached hydrogen (secondary N) is 1. The molecule has 8 nitrogen and oxygen atoms in total. The van der Waals surface area contributed by atoms with Crippen LogP contribution in [-0.4, -0.2) is 36.3 Å². The fourth-order valence-corrected chi connectivity index (χ4v) is 4.41. The van der Waals surface area contributed by atoms with E-state index in [-0.39, 0.29) is 17.0 Å². The van der Waals surface area contributed by atoms with Crippen LogP contribution in [0.2, 0.25) is 0 Å². The molecular weight excluding hydrogens is 382 g/mol. The number of sulfonamides is 1. The molecule has 0 radical (unpaired) electrons. The van der Waals surface area contributed by atoms with Gasteiger partial charge in [0.25, 0.3) is 0 Å². The van der Waals surface area contributed by atoms with Gasteiger partial charge in [0.2, 0.25) is 15.9 Å². The lowest BCUT2D eigenvalue weighted by Crippen LogP contribution is -2.30. The smallest absolute Gasteiger partial charge is 0.408 e. The van der Waals surface area contributed by atoms with E-state index in [1.807, 2.05) is 6.07 Å². The Morgan fingerprint density at radius 3 is 2.43 bits per heavy atom. The lowest BCUT2D eigenvalue weighted by atomic mass is 10.3. The first-order valence-electron chi connectivity index (χ1n) is 8.85. The van der Waals surface area contributed by atoms with Gasteiger partial charge in [-0.3, -0.25) is 9.36 Å². The molecule has 0 spiro atoms. The molecule has 0 aliphatic rings. The fourth-order valence-electron chi connectivity index (χ4n) is 2.94. The molecule has 28 heavy (non-hydrogen) atoms. The van der Waals surface area contributed by atoms with E-state index in [2.05, 4.69) is 5.32 Å². The van der Waals surface area contributed by atoms with Gasteiger partial charge in [0.1, 0.15) is 6.54 Å². The summed E-state index contributed by atoms with van der Waals surface area (Å²) in [4.78, 5) is 24.5. The molecule has 148 valence electrons. The zero-order valence-electron chi connectivity index (χ0n) is 15.6. The fraction of sp³-hybridized carbons (Fsp3) is 0.263. The Bertz CT molecular complexity index is 1150. The Morgan fingerprint density at radius 2 is 1.79 bits per heavy atom. The van der Waals surface area contributed by atoms with Crippen LogP contribution < -0.4 is 11.1 Å². The number of rotatable bonds is 7. The van der Waals surface area contributed by atoms with Crippen LogP contribution in [0.1, 0.15) is 13.8 Å². The van der Waals surface area contributed by atoms with E-state index >= 15 is 0 Å². The maximum absolute atomic E-state index is 12.6. The van der Waals surface area contributed by atoms with E-state index in [9.17, 15) is 18.0 Å². The van der Waals surface area contributed by atoms with Crippen molar-refractivity contribution in [1.29, 1.82) is 0 Å². The van der Waals surface area contributed by atoms with Gasteiger partial charge in [-0.25, -0.2) is 13.2 Å². The Balaban J connectivity index is 1.91. The highest BCUT2D eigenvalue weighted by Crippen LogP contribution is 2.21. The SMILES string of the molecule is CCN(CC)S(=O)(=O)c1ccc2c(c1)oc(=O)n2CC(=O)Nc1ccccc1. The second-order valence-electron chi connectivity index (χ2n) is 6.09. The number of hydrogen-bond acceptors (Lipinski definition) is 5. The van der Waals surface area contributed by atoms with Crippen molar-refractivity contribution < 1.29 is 17.6 Å². The maximum Gasteiger partial charge on any atom is 0.420 e. The third-order valence-electron chi connectivity index (χ3n) is 4.34. The van der Waals surface area contributed by atoms with Crippen molar-refractivity contribution in [3.8, 4) is 0 Å². The summed E-state index contributed by atoms with van der Waals surface area (Å²) < 4.78 is 33.0. The summed E-state index contributed by atoms with van der Waals surface area (Å²) in [6.45, 7) is 3.93. The van der Waals surface area contributed by atoms with Crippen molar-refractivity contribution in [1.82, 2.24) is 8.87 Å². The van der Waals surface area contributed by atoms with E-state index < -0.39 is 21.7 Å². The van der Waals surface area contributed by atoms with E-state index in [0.29, 0.717) is 24.3 Å². The number of nitrogens with zero attached hydrogens (tertiary/aromatic N) is 2. The summed E-state index contributed by atoms with van der Waals surface area (Å²) in [6.07, 6.45) is 0. The van der Waals surface area contributed by atoms with E-state index in [4.69, 9.17) is 4.42 Å². The molecule has 0 bridgehead atoms. The second-order valence-corrected chi connectivity index (χ2v) is 8.03. The van der Waals surface area contributed by atoms with Crippen molar-refractivity contribution in [3.63, 3.8) is 0 Å². The van der Waals surface area contributed by atoms with Gasteiger partial charge in [-0.1, -0.05) is 32.0 Å². The molecule has 0 saturated heterocycles. The largest absolute Gasteiger partial charge is 0.420 e. The van der Waals surface area contributed by atoms with Crippen LogP contribution in [-0.2, 0) is 21.4 Å². The van der Waals surface area contributed by atoms with Gasteiger partial charge in [-0.05, 0) is 24.3 Å². The summed E-state index contributed by atoms with van der Waals surface area (Å²) in [5, 5.41) is 2.70. The van der Waals surface area contributed by atoms with Gasteiger partial charge in [0, 0.05) is 24.8 Å². The molecule has 0 fully saturated rings. The van der Waals surface area contributed by atoms with Crippen LogP contribution >= 0.6 is 0 Å². The molecule has 0 aliphatic carbocycles. The maximum atomic E-state index is 12.6. The summed E-state index contributed by atoms with van der Waals surface area (Å²) in [6, 6.07) is 13.1. The highest BCUT2D eigenvalue weighted by Gasteiger charge is 2.23. The third kappa shape index (κ3) is 3.85. The van der Waals surface area contributed by atoms with Gasteiger partial charge < -0.3 is 9.73 Å². The van der Waals surface area contributed by atoms with Gasteiger partial charge in [-0.2, -0.15) is 4.31 Å². The van der Waals surface area contributed by atoms with Crippen LogP contribution in [0.15, 0.2) is 62.6 Å². The molecule has 0 aliphatic heterocycles. The second kappa shape index (κ2) is 7.99. The number of anilines is 1. The normalized spacial score (nSPS) is 11.8. The average molecular weight is 403 g/mol. The van der Waals surface area contributed by atoms with Gasteiger partial charge in [0.15, 0.2) is 5.58 Å². The molecule has 3 aromatic rings.